The van der Waals surface area contributed by atoms with Crippen LogP contribution in [0.1, 0.15) is 24.2 Å². The smallest absolute Gasteiger partial charge is 0.133 e. The zero-order valence-corrected chi connectivity index (χ0v) is 11.9. The molecule has 6 heteroatoms. The summed E-state index contributed by atoms with van der Waals surface area (Å²) in [7, 11) is 1.63. The number of benzene rings is 1. The highest BCUT2D eigenvalue weighted by molar-refractivity contribution is 9.10. The molecule has 18 heavy (non-hydrogen) atoms. The third kappa shape index (κ3) is 2.39. The van der Waals surface area contributed by atoms with Gasteiger partial charge in [0.2, 0.25) is 0 Å². The van der Waals surface area contributed by atoms with E-state index in [0.717, 1.165) is 28.0 Å². The number of methoxy groups -OCH3 is 1. The highest BCUT2D eigenvalue weighted by Crippen LogP contribution is 2.29. The molecular formula is C12H15BrN4O. The number of hydrogen-bond acceptors (Lipinski definition) is 4. The average molecular weight is 311 g/mol. The Morgan fingerprint density at radius 1 is 1.50 bits per heavy atom. The molecule has 0 aliphatic rings. The molecule has 96 valence electrons. The fraction of sp³-hybridized carbons (Fsp3) is 0.333. The molecule has 0 fully saturated rings. The van der Waals surface area contributed by atoms with Crippen LogP contribution < -0.4 is 10.5 Å². The summed E-state index contributed by atoms with van der Waals surface area (Å²) in [5, 5.41) is 7.88. The molecule has 0 saturated carbocycles. The number of halogens is 1. The van der Waals surface area contributed by atoms with Crippen LogP contribution in [-0.4, -0.2) is 22.1 Å². The molecule has 2 aromatic rings. The van der Waals surface area contributed by atoms with Crippen molar-refractivity contribution in [3.63, 3.8) is 0 Å². The van der Waals surface area contributed by atoms with Gasteiger partial charge in [0.05, 0.1) is 29.5 Å². The first-order valence-corrected chi connectivity index (χ1v) is 6.44. The fourth-order valence-corrected chi connectivity index (χ4v) is 2.36. The monoisotopic (exact) mass is 310 g/mol. The van der Waals surface area contributed by atoms with Crippen molar-refractivity contribution < 1.29 is 4.74 Å². The Morgan fingerprint density at radius 2 is 2.28 bits per heavy atom. The van der Waals surface area contributed by atoms with Gasteiger partial charge in [-0.25, -0.2) is 4.68 Å². The van der Waals surface area contributed by atoms with Gasteiger partial charge in [-0.15, -0.1) is 5.10 Å². The van der Waals surface area contributed by atoms with Gasteiger partial charge in [-0.05, 0) is 40.5 Å². The van der Waals surface area contributed by atoms with E-state index in [-0.39, 0.29) is 6.04 Å². The summed E-state index contributed by atoms with van der Waals surface area (Å²) in [4.78, 5) is 0. The Morgan fingerprint density at radius 3 is 2.89 bits per heavy atom. The van der Waals surface area contributed by atoms with Gasteiger partial charge in [-0.3, -0.25) is 0 Å². The molecule has 0 spiro atoms. The first-order valence-electron chi connectivity index (χ1n) is 5.64. The number of hydrogen-bond donors (Lipinski definition) is 1. The quantitative estimate of drug-likeness (QED) is 0.939. The van der Waals surface area contributed by atoms with E-state index < -0.39 is 0 Å². The van der Waals surface area contributed by atoms with Crippen molar-refractivity contribution in [1.82, 2.24) is 15.0 Å². The van der Waals surface area contributed by atoms with Crippen molar-refractivity contribution in [3.05, 3.63) is 40.1 Å². The van der Waals surface area contributed by atoms with Crippen molar-refractivity contribution in [2.75, 3.05) is 7.11 Å². The van der Waals surface area contributed by atoms with Crippen LogP contribution in [0, 0.1) is 0 Å². The molecule has 0 aliphatic heterocycles. The predicted octanol–water partition coefficient (Wildman–Crippen LogP) is 2.12. The lowest BCUT2D eigenvalue weighted by atomic mass is 10.1. The lowest BCUT2D eigenvalue weighted by Gasteiger charge is -2.14. The molecule has 0 aliphatic carbocycles. The van der Waals surface area contributed by atoms with E-state index in [0.29, 0.717) is 0 Å². The van der Waals surface area contributed by atoms with Crippen LogP contribution in [0.5, 0.6) is 5.75 Å². The normalized spacial score (nSPS) is 12.4. The highest BCUT2D eigenvalue weighted by Gasteiger charge is 2.15. The molecule has 1 atom stereocenters. The van der Waals surface area contributed by atoms with Gasteiger partial charge in [0.15, 0.2) is 0 Å². The third-order valence-corrected chi connectivity index (χ3v) is 3.42. The first kappa shape index (κ1) is 13.0. The van der Waals surface area contributed by atoms with Gasteiger partial charge < -0.3 is 10.5 Å². The fourth-order valence-electron chi connectivity index (χ4n) is 1.80. The van der Waals surface area contributed by atoms with E-state index in [1.54, 1.807) is 18.0 Å². The Kier molecular flexibility index (Phi) is 3.98. The summed E-state index contributed by atoms with van der Waals surface area (Å²) in [6.07, 6.45) is 1.70. The molecule has 1 unspecified atom stereocenters. The van der Waals surface area contributed by atoms with Crippen LogP contribution in [0.2, 0.25) is 0 Å². The van der Waals surface area contributed by atoms with E-state index in [2.05, 4.69) is 26.2 Å². The van der Waals surface area contributed by atoms with E-state index in [9.17, 15) is 0 Å². The predicted molar refractivity (Wildman–Crippen MR) is 72.4 cm³/mol. The highest BCUT2D eigenvalue weighted by atomic mass is 79.9. The molecule has 1 aromatic carbocycles. The minimum atomic E-state index is -0.248. The molecule has 0 saturated heterocycles. The van der Waals surface area contributed by atoms with Crippen LogP contribution in [0.25, 0.3) is 0 Å². The molecule has 2 rings (SSSR count). The second kappa shape index (κ2) is 5.49. The lowest BCUT2D eigenvalue weighted by Crippen LogP contribution is -2.17. The van der Waals surface area contributed by atoms with E-state index in [1.807, 2.05) is 25.1 Å². The van der Waals surface area contributed by atoms with E-state index in [1.165, 1.54) is 0 Å². The van der Waals surface area contributed by atoms with Crippen molar-refractivity contribution in [2.24, 2.45) is 5.73 Å². The van der Waals surface area contributed by atoms with Crippen LogP contribution in [-0.2, 0) is 6.54 Å². The van der Waals surface area contributed by atoms with Crippen molar-refractivity contribution >= 4 is 15.9 Å². The second-order valence-electron chi connectivity index (χ2n) is 3.85. The largest absolute Gasteiger partial charge is 0.496 e. The maximum absolute atomic E-state index is 6.24. The Hall–Kier alpha value is -1.40. The molecule has 1 heterocycles. The number of nitrogens with two attached hydrogens (primary N) is 1. The van der Waals surface area contributed by atoms with Gasteiger partial charge in [0.1, 0.15) is 5.75 Å². The minimum absolute atomic E-state index is 0.248. The number of rotatable bonds is 4. The number of nitrogens with zero attached hydrogens (tertiary/aromatic N) is 3. The molecule has 0 bridgehead atoms. The van der Waals surface area contributed by atoms with Gasteiger partial charge in [0, 0.05) is 6.54 Å². The maximum atomic E-state index is 6.24. The van der Waals surface area contributed by atoms with E-state index in [4.69, 9.17) is 10.5 Å². The number of ether oxygens (including phenoxy) is 1. The lowest BCUT2D eigenvalue weighted by molar-refractivity contribution is 0.412. The zero-order chi connectivity index (χ0) is 13.1. The topological polar surface area (TPSA) is 66.0 Å². The SMILES string of the molecule is CCn1nncc1C(N)c1ccc(OC)c(Br)c1. The Bertz CT molecular complexity index is 541. The third-order valence-electron chi connectivity index (χ3n) is 2.80. The van der Waals surface area contributed by atoms with Crippen LogP contribution in [0.4, 0.5) is 0 Å². The van der Waals surface area contributed by atoms with Gasteiger partial charge in [-0.1, -0.05) is 11.3 Å². The summed E-state index contributed by atoms with van der Waals surface area (Å²) in [6, 6.07) is 5.54. The van der Waals surface area contributed by atoms with Gasteiger partial charge in [-0.2, -0.15) is 0 Å². The van der Waals surface area contributed by atoms with Crippen LogP contribution in [0.3, 0.4) is 0 Å². The zero-order valence-electron chi connectivity index (χ0n) is 10.3. The molecular weight excluding hydrogens is 296 g/mol. The number of aromatic nitrogens is 3. The summed E-state index contributed by atoms with van der Waals surface area (Å²) in [6.45, 7) is 2.76. The summed E-state index contributed by atoms with van der Waals surface area (Å²) >= 11 is 3.46. The molecule has 0 amide bonds. The standard InChI is InChI=1S/C12H15BrN4O/c1-3-17-10(7-15-16-17)12(14)8-4-5-11(18-2)9(13)6-8/h4-7,12H,3,14H2,1-2H3. The van der Waals surface area contributed by atoms with Crippen LogP contribution >= 0.6 is 15.9 Å². The Labute approximate surface area is 114 Å². The summed E-state index contributed by atoms with van der Waals surface area (Å²) in [5.41, 5.74) is 8.12. The second-order valence-corrected chi connectivity index (χ2v) is 4.70. The summed E-state index contributed by atoms with van der Waals surface area (Å²) < 4.78 is 7.88. The minimum Gasteiger partial charge on any atom is -0.496 e. The van der Waals surface area contributed by atoms with Crippen LogP contribution in [0.15, 0.2) is 28.9 Å². The van der Waals surface area contributed by atoms with E-state index >= 15 is 0 Å². The number of aryl methyl sites for hydroxylation is 1. The molecule has 0 radical (unpaired) electrons. The van der Waals surface area contributed by atoms with Gasteiger partial charge in [0.25, 0.3) is 0 Å². The van der Waals surface area contributed by atoms with Gasteiger partial charge >= 0.3 is 0 Å². The Balaban J connectivity index is 2.34. The van der Waals surface area contributed by atoms with Crippen molar-refractivity contribution in [1.29, 1.82) is 0 Å². The molecule has 2 N–H and O–H groups in total. The van der Waals surface area contributed by atoms with Crippen molar-refractivity contribution in [2.45, 2.75) is 19.5 Å². The average Bonchev–Trinajstić information content (AvgIpc) is 2.86. The first-order chi connectivity index (χ1) is 8.67. The van der Waals surface area contributed by atoms with Crippen molar-refractivity contribution in [3.8, 4) is 5.75 Å². The molecule has 5 nitrogen and oxygen atoms in total. The molecule has 1 aromatic heterocycles. The maximum Gasteiger partial charge on any atom is 0.133 e. The summed E-state index contributed by atoms with van der Waals surface area (Å²) in [5.74, 6) is 0.785.